The molecule has 2 unspecified atom stereocenters. The van der Waals surface area contributed by atoms with E-state index in [0.29, 0.717) is 5.57 Å². The van der Waals surface area contributed by atoms with Gasteiger partial charge in [-0.05, 0) is 61.2 Å². The number of nitrogens with one attached hydrogen (secondary N) is 1. The summed E-state index contributed by atoms with van der Waals surface area (Å²) < 4.78 is 43.9. The summed E-state index contributed by atoms with van der Waals surface area (Å²) in [5.74, 6) is -5.53. The van der Waals surface area contributed by atoms with E-state index in [4.69, 9.17) is 11.6 Å². The number of amides is 3. The summed E-state index contributed by atoms with van der Waals surface area (Å²) in [5, 5.41) is 12.2. The molecule has 2 aliphatic carbocycles. The van der Waals surface area contributed by atoms with E-state index in [-0.39, 0.29) is 46.1 Å². The van der Waals surface area contributed by atoms with Crippen molar-refractivity contribution < 1.29 is 27.6 Å². The third-order valence-electron chi connectivity index (χ3n) is 9.15. The van der Waals surface area contributed by atoms with E-state index in [0.717, 1.165) is 29.4 Å². The minimum Gasteiger partial charge on any atom is -0.351 e. The molecule has 1 aromatic heterocycles. The summed E-state index contributed by atoms with van der Waals surface area (Å²) in [6.07, 6.45) is 9.22. The van der Waals surface area contributed by atoms with Gasteiger partial charge >= 0.3 is 0 Å². The largest absolute Gasteiger partial charge is 0.351 e. The number of halogens is 4. The minimum atomic E-state index is -2.93. The van der Waals surface area contributed by atoms with Crippen molar-refractivity contribution in [2.45, 2.75) is 69.5 Å². The Balaban J connectivity index is 1.48. The Morgan fingerprint density at radius 2 is 1.96 bits per heavy atom. The summed E-state index contributed by atoms with van der Waals surface area (Å²) in [5.41, 5.74) is 2.36. The maximum atomic E-state index is 16.2. The Labute approximate surface area is 292 Å². The zero-order valence-electron chi connectivity index (χ0n) is 27.1. The highest BCUT2D eigenvalue weighted by Gasteiger charge is 2.48. The van der Waals surface area contributed by atoms with Gasteiger partial charge in [0.2, 0.25) is 11.8 Å². The molecule has 8 nitrogen and oxygen atoms in total. The van der Waals surface area contributed by atoms with Crippen LogP contribution in [0, 0.1) is 17.1 Å². The van der Waals surface area contributed by atoms with Gasteiger partial charge in [0.15, 0.2) is 0 Å². The average Bonchev–Trinajstić information content (AvgIpc) is 3.31. The summed E-state index contributed by atoms with van der Waals surface area (Å²) in [4.78, 5) is 48.9. The van der Waals surface area contributed by atoms with E-state index < -0.39 is 60.4 Å². The second-order valence-corrected chi connectivity index (χ2v) is 12.9. The third kappa shape index (κ3) is 7.07. The summed E-state index contributed by atoms with van der Waals surface area (Å²) in [7, 11) is 0. The minimum absolute atomic E-state index is 0.0160. The van der Waals surface area contributed by atoms with Gasteiger partial charge in [-0.25, -0.2) is 18.2 Å². The molecular weight excluding hydrogens is 667 g/mol. The van der Waals surface area contributed by atoms with Gasteiger partial charge in [-0.3, -0.25) is 24.2 Å². The van der Waals surface area contributed by atoms with Crippen LogP contribution in [0.5, 0.6) is 0 Å². The van der Waals surface area contributed by atoms with Gasteiger partial charge in [-0.2, -0.15) is 5.26 Å². The van der Waals surface area contributed by atoms with Gasteiger partial charge < -0.3 is 5.32 Å². The zero-order valence-corrected chi connectivity index (χ0v) is 27.8. The maximum Gasteiger partial charge on any atom is 0.252 e. The topological polar surface area (TPSA) is 106 Å². The second-order valence-electron chi connectivity index (χ2n) is 12.5. The Kier molecular flexibility index (Phi) is 9.93. The normalized spacial score (nSPS) is 19.1. The van der Waals surface area contributed by atoms with Crippen molar-refractivity contribution in [3.63, 3.8) is 0 Å². The summed E-state index contributed by atoms with van der Waals surface area (Å²) in [6.45, 7) is 2.01. The number of aromatic nitrogens is 1. The van der Waals surface area contributed by atoms with Crippen LogP contribution in [-0.2, 0) is 14.4 Å². The van der Waals surface area contributed by atoms with E-state index in [2.05, 4.69) is 10.3 Å². The monoisotopic (exact) mass is 699 g/mol. The Morgan fingerprint density at radius 1 is 1.18 bits per heavy atom. The first-order chi connectivity index (χ1) is 24.0. The number of rotatable bonds is 9. The first kappa shape index (κ1) is 34.6. The van der Waals surface area contributed by atoms with Crippen LogP contribution in [0.3, 0.4) is 0 Å². The van der Waals surface area contributed by atoms with E-state index in [1.165, 1.54) is 47.5 Å². The van der Waals surface area contributed by atoms with Gasteiger partial charge in [0.25, 0.3) is 11.8 Å². The molecule has 2 fully saturated rings. The fourth-order valence-corrected chi connectivity index (χ4v) is 6.79. The van der Waals surface area contributed by atoms with Crippen molar-refractivity contribution in [1.29, 1.82) is 5.26 Å². The molecule has 3 aliphatic rings. The molecular formula is C38H33ClF3N5O3. The number of nitriles is 1. The molecule has 1 aliphatic heterocycles. The van der Waals surface area contributed by atoms with Gasteiger partial charge in [0.05, 0.1) is 11.6 Å². The number of hydrogen-bond acceptors (Lipinski definition) is 5. The quantitative estimate of drug-likeness (QED) is 0.248. The lowest BCUT2D eigenvalue weighted by atomic mass is 9.87. The lowest BCUT2D eigenvalue weighted by Gasteiger charge is -2.39. The second kappa shape index (κ2) is 14.3. The molecule has 0 spiro atoms. The number of benzene rings is 2. The Bertz CT molecular complexity index is 1980. The smallest absolute Gasteiger partial charge is 0.252 e. The van der Waals surface area contributed by atoms with Crippen molar-refractivity contribution in [3.05, 3.63) is 118 Å². The fraction of sp³-hybridized carbons (Fsp3) is 0.289. The van der Waals surface area contributed by atoms with Crippen LogP contribution in [0.1, 0.15) is 68.2 Å². The number of pyridine rings is 1. The number of anilines is 2. The predicted octanol–water partition coefficient (Wildman–Crippen LogP) is 7.61. The molecule has 12 heteroatoms. The van der Waals surface area contributed by atoms with Crippen LogP contribution in [0.15, 0.2) is 90.7 Å². The number of hydrogen-bond donors (Lipinski definition) is 1. The van der Waals surface area contributed by atoms with E-state index in [9.17, 15) is 28.4 Å². The molecule has 0 bridgehead atoms. The van der Waals surface area contributed by atoms with Crippen molar-refractivity contribution in [3.8, 4) is 6.07 Å². The maximum absolute atomic E-state index is 16.2. The third-order valence-corrected chi connectivity index (χ3v) is 9.49. The van der Waals surface area contributed by atoms with Crippen molar-refractivity contribution in [2.75, 3.05) is 9.80 Å². The molecule has 0 radical (unpaired) electrons. The molecule has 2 atom stereocenters. The highest BCUT2D eigenvalue weighted by Crippen LogP contribution is 2.40. The van der Waals surface area contributed by atoms with E-state index in [1.54, 1.807) is 18.2 Å². The first-order valence-corrected chi connectivity index (χ1v) is 16.7. The van der Waals surface area contributed by atoms with Gasteiger partial charge in [-0.1, -0.05) is 66.6 Å². The molecule has 256 valence electrons. The Morgan fingerprint density at radius 3 is 2.66 bits per heavy atom. The number of nitrogens with zero attached hydrogens (tertiary/aromatic N) is 4. The molecule has 2 aromatic carbocycles. The fourth-order valence-electron chi connectivity index (χ4n) is 6.55. The molecule has 1 N–H and O–H groups in total. The lowest BCUT2D eigenvalue weighted by Crippen LogP contribution is -2.56. The molecule has 6 rings (SSSR count). The number of alkyl halides is 2. The van der Waals surface area contributed by atoms with Crippen molar-refractivity contribution >= 4 is 46.4 Å². The van der Waals surface area contributed by atoms with Crippen molar-refractivity contribution in [1.82, 2.24) is 10.3 Å². The number of allylic oxidation sites excluding steroid dienone is 6. The van der Waals surface area contributed by atoms with E-state index in [1.807, 2.05) is 31.2 Å². The predicted molar refractivity (Wildman–Crippen MR) is 184 cm³/mol. The molecule has 2 heterocycles. The average molecular weight is 700 g/mol. The summed E-state index contributed by atoms with van der Waals surface area (Å²) in [6, 6.07) is 11.7. The van der Waals surface area contributed by atoms with E-state index >= 15 is 4.39 Å². The number of carbonyl (C=O) groups is 3. The molecule has 3 amide bonds. The van der Waals surface area contributed by atoms with Gasteiger partial charge in [-0.15, -0.1) is 0 Å². The zero-order chi connectivity index (χ0) is 35.6. The van der Waals surface area contributed by atoms with Gasteiger partial charge in [0.1, 0.15) is 23.7 Å². The number of carbonyl (C=O) groups excluding carboxylic acids is 3. The van der Waals surface area contributed by atoms with Crippen LogP contribution in [0.25, 0.3) is 5.57 Å². The first-order valence-electron chi connectivity index (χ1n) is 16.3. The Hall–Kier alpha value is -5.21. The SMILES string of the molecule is CCC1=CC(c2ccc(N(C(=O)C3CCC(=O)N3c3cc(C#N)ccn3)C(C(=O)NC3CC(F)(F)C3)c3ccccc3Cl)cc2F)=CC=CC1. The molecule has 50 heavy (non-hydrogen) atoms. The highest BCUT2D eigenvalue weighted by atomic mass is 35.5. The van der Waals surface area contributed by atoms with Crippen LogP contribution in [0.2, 0.25) is 5.02 Å². The molecule has 1 saturated heterocycles. The van der Waals surface area contributed by atoms with Crippen LogP contribution < -0.4 is 15.1 Å². The van der Waals surface area contributed by atoms with Gasteiger partial charge in [0, 0.05) is 53.3 Å². The van der Waals surface area contributed by atoms with Crippen molar-refractivity contribution in [2.24, 2.45) is 0 Å². The molecule has 1 saturated carbocycles. The lowest BCUT2D eigenvalue weighted by molar-refractivity contribution is -0.133. The van der Waals surface area contributed by atoms with Crippen LogP contribution in [-0.4, -0.2) is 40.7 Å². The summed E-state index contributed by atoms with van der Waals surface area (Å²) >= 11 is 6.63. The van der Waals surface area contributed by atoms with Crippen LogP contribution >= 0.6 is 11.6 Å². The van der Waals surface area contributed by atoms with Crippen LogP contribution in [0.4, 0.5) is 24.7 Å². The molecule has 3 aromatic rings. The highest BCUT2D eigenvalue weighted by molar-refractivity contribution is 6.31. The standard InChI is InChI=1S/C38H33ClF3N5O3/c1-2-23-7-3-4-8-25(17-23)28-12-11-27(19-31(28)40)46(37(50)32-13-14-34(48)47(32)33-18-24(22-43)15-16-44-33)35(29-9-5-6-10-30(29)39)36(49)45-26-20-38(41,42)21-26/h3-6,8-12,15-19,26,32,35H,2,7,13-14,20-21H2,1H3,(H,45,49).